The molecule has 0 radical (unpaired) electrons. The molecule has 1 aromatic heterocycles. The van der Waals surface area contributed by atoms with Gasteiger partial charge in [-0.05, 0) is 47.0 Å². The molecule has 3 nitrogen and oxygen atoms in total. The Kier molecular flexibility index (Phi) is 4.58. The van der Waals surface area contributed by atoms with Gasteiger partial charge in [0.05, 0.1) is 10.2 Å². The monoisotopic (exact) mass is 383 g/mol. The van der Waals surface area contributed by atoms with Crippen molar-refractivity contribution < 1.29 is 0 Å². The normalized spacial score (nSPS) is 10.7. The van der Waals surface area contributed by atoms with Crippen molar-refractivity contribution >= 4 is 37.7 Å². The SMILES string of the molecule is CCCc1nc(-c2ccc(C)cc2Br)nc(N)c1Br. The smallest absolute Gasteiger partial charge is 0.162 e. The van der Waals surface area contributed by atoms with Crippen LogP contribution in [-0.2, 0) is 6.42 Å². The Morgan fingerprint density at radius 2 is 1.95 bits per heavy atom. The van der Waals surface area contributed by atoms with Crippen molar-refractivity contribution in [1.82, 2.24) is 9.97 Å². The number of benzene rings is 1. The largest absolute Gasteiger partial charge is 0.383 e. The van der Waals surface area contributed by atoms with Crippen LogP contribution in [0.25, 0.3) is 11.4 Å². The van der Waals surface area contributed by atoms with Crippen LogP contribution < -0.4 is 5.73 Å². The summed E-state index contributed by atoms with van der Waals surface area (Å²) in [6.45, 7) is 4.17. The molecule has 0 saturated heterocycles. The van der Waals surface area contributed by atoms with Gasteiger partial charge in [-0.2, -0.15) is 0 Å². The van der Waals surface area contributed by atoms with Crippen molar-refractivity contribution in [2.45, 2.75) is 26.7 Å². The summed E-state index contributed by atoms with van der Waals surface area (Å²) in [5.74, 6) is 1.15. The summed E-state index contributed by atoms with van der Waals surface area (Å²) in [5.41, 5.74) is 9.06. The van der Waals surface area contributed by atoms with E-state index in [1.165, 1.54) is 5.56 Å². The summed E-state index contributed by atoms with van der Waals surface area (Å²) >= 11 is 7.01. The molecule has 0 fully saturated rings. The van der Waals surface area contributed by atoms with Crippen molar-refractivity contribution in [2.24, 2.45) is 0 Å². The molecule has 1 aromatic carbocycles. The molecule has 2 rings (SSSR count). The van der Waals surface area contributed by atoms with Crippen molar-refractivity contribution in [2.75, 3.05) is 5.73 Å². The van der Waals surface area contributed by atoms with E-state index in [9.17, 15) is 0 Å². The quantitative estimate of drug-likeness (QED) is 0.846. The molecule has 5 heteroatoms. The first-order chi connectivity index (χ1) is 9.02. The van der Waals surface area contributed by atoms with Gasteiger partial charge in [0.2, 0.25) is 0 Å². The molecule has 0 aliphatic carbocycles. The molecule has 0 aliphatic heterocycles. The number of aryl methyl sites for hydroxylation is 2. The van der Waals surface area contributed by atoms with E-state index in [0.717, 1.165) is 33.0 Å². The Hall–Kier alpha value is -0.940. The van der Waals surface area contributed by atoms with Crippen LogP contribution in [0.15, 0.2) is 27.1 Å². The molecule has 0 amide bonds. The third kappa shape index (κ3) is 3.15. The lowest BCUT2D eigenvalue weighted by Gasteiger charge is -2.10. The highest BCUT2D eigenvalue weighted by atomic mass is 79.9. The molecule has 19 heavy (non-hydrogen) atoms. The van der Waals surface area contributed by atoms with Crippen LogP contribution in [0.5, 0.6) is 0 Å². The van der Waals surface area contributed by atoms with Gasteiger partial charge in [-0.15, -0.1) is 0 Å². The van der Waals surface area contributed by atoms with E-state index in [-0.39, 0.29) is 0 Å². The Morgan fingerprint density at radius 3 is 2.58 bits per heavy atom. The maximum Gasteiger partial charge on any atom is 0.162 e. The predicted molar refractivity (Wildman–Crippen MR) is 86.0 cm³/mol. The van der Waals surface area contributed by atoms with Crippen LogP contribution in [0, 0.1) is 6.92 Å². The fourth-order valence-electron chi connectivity index (χ4n) is 1.84. The number of nitrogens with two attached hydrogens (primary N) is 1. The molecule has 1 heterocycles. The zero-order chi connectivity index (χ0) is 14.0. The van der Waals surface area contributed by atoms with Gasteiger partial charge in [0, 0.05) is 10.0 Å². The van der Waals surface area contributed by atoms with Gasteiger partial charge in [-0.1, -0.05) is 35.3 Å². The summed E-state index contributed by atoms with van der Waals surface area (Å²) in [7, 11) is 0. The zero-order valence-electron chi connectivity index (χ0n) is 10.9. The molecule has 0 spiro atoms. The third-order valence-corrected chi connectivity index (χ3v) is 4.32. The first-order valence-electron chi connectivity index (χ1n) is 6.11. The topological polar surface area (TPSA) is 51.8 Å². The van der Waals surface area contributed by atoms with Gasteiger partial charge in [0.15, 0.2) is 5.82 Å². The lowest BCUT2D eigenvalue weighted by molar-refractivity contribution is 0.870. The molecule has 0 unspecified atom stereocenters. The highest BCUT2D eigenvalue weighted by Gasteiger charge is 2.13. The lowest BCUT2D eigenvalue weighted by Crippen LogP contribution is -2.03. The van der Waals surface area contributed by atoms with E-state index in [1.54, 1.807) is 0 Å². The number of nitrogens with zero attached hydrogens (tertiary/aromatic N) is 2. The average Bonchev–Trinajstić information content (AvgIpc) is 2.35. The Balaban J connectivity index is 2.56. The predicted octanol–water partition coefficient (Wildman–Crippen LogP) is 4.51. The second-order valence-electron chi connectivity index (χ2n) is 4.43. The first kappa shape index (κ1) is 14.5. The van der Waals surface area contributed by atoms with Crippen molar-refractivity contribution in [3.05, 3.63) is 38.4 Å². The van der Waals surface area contributed by atoms with Gasteiger partial charge in [-0.3, -0.25) is 0 Å². The molecule has 100 valence electrons. The summed E-state index contributed by atoms with van der Waals surface area (Å²) in [6, 6.07) is 6.11. The number of halogens is 2. The Bertz CT molecular complexity index is 612. The van der Waals surface area contributed by atoms with E-state index >= 15 is 0 Å². The number of nitrogen functional groups attached to an aromatic ring is 1. The zero-order valence-corrected chi connectivity index (χ0v) is 14.0. The van der Waals surface area contributed by atoms with E-state index in [2.05, 4.69) is 54.8 Å². The second-order valence-corrected chi connectivity index (χ2v) is 6.07. The van der Waals surface area contributed by atoms with Crippen LogP contribution in [0.3, 0.4) is 0 Å². The maximum absolute atomic E-state index is 5.96. The number of rotatable bonds is 3. The second kappa shape index (κ2) is 6.01. The Morgan fingerprint density at radius 1 is 1.21 bits per heavy atom. The average molecular weight is 385 g/mol. The minimum atomic E-state index is 0.487. The summed E-state index contributed by atoms with van der Waals surface area (Å²) in [5, 5.41) is 0. The van der Waals surface area contributed by atoms with Crippen LogP contribution in [0.2, 0.25) is 0 Å². The standard InChI is InChI=1S/C14H15Br2N3/c1-3-4-11-12(16)13(17)19-14(18-11)9-6-5-8(2)7-10(9)15/h5-7H,3-4H2,1-2H3,(H2,17,18,19). The fourth-order valence-corrected chi connectivity index (χ4v) is 2.88. The van der Waals surface area contributed by atoms with Crippen LogP contribution >= 0.6 is 31.9 Å². The third-order valence-electron chi connectivity index (χ3n) is 2.80. The van der Waals surface area contributed by atoms with E-state index in [0.29, 0.717) is 11.6 Å². The molecule has 0 saturated carbocycles. The molecular formula is C14H15Br2N3. The van der Waals surface area contributed by atoms with E-state index < -0.39 is 0 Å². The molecule has 2 N–H and O–H groups in total. The van der Waals surface area contributed by atoms with Gasteiger partial charge in [0.1, 0.15) is 5.82 Å². The highest BCUT2D eigenvalue weighted by molar-refractivity contribution is 9.11. The maximum atomic E-state index is 5.96. The number of hydrogen-bond acceptors (Lipinski definition) is 3. The van der Waals surface area contributed by atoms with Crippen molar-refractivity contribution in [3.63, 3.8) is 0 Å². The van der Waals surface area contributed by atoms with Crippen molar-refractivity contribution in [3.8, 4) is 11.4 Å². The number of hydrogen-bond donors (Lipinski definition) is 1. The van der Waals surface area contributed by atoms with Crippen LogP contribution in [0.1, 0.15) is 24.6 Å². The molecular weight excluding hydrogens is 370 g/mol. The summed E-state index contributed by atoms with van der Waals surface area (Å²) in [4.78, 5) is 8.98. The number of aromatic nitrogens is 2. The minimum absolute atomic E-state index is 0.487. The van der Waals surface area contributed by atoms with Crippen LogP contribution in [-0.4, -0.2) is 9.97 Å². The van der Waals surface area contributed by atoms with Crippen LogP contribution in [0.4, 0.5) is 5.82 Å². The van der Waals surface area contributed by atoms with E-state index in [1.807, 2.05) is 19.1 Å². The van der Waals surface area contributed by atoms with Gasteiger partial charge in [-0.25, -0.2) is 9.97 Å². The number of anilines is 1. The summed E-state index contributed by atoms with van der Waals surface area (Å²) < 4.78 is 1.79. The molecule has 0 atom stereocenters. The minimum Gasteiger partial charge on any atom is -0.383 e. The summed E-state index contributed by atoms with van der Waals surface area (Å²) in [6.07, 6.45) is 1.90. The Labute approximate surface area is 129 Å². The van der Waals surface area contributed by atoms with Gasteiger partial charge >= 0.3 is 0 Å². The molecule has 0 bridgehead atoms. The lowest BCUT2D eigenvalue weighted by atomic mass is 10.1. The molecule has 2 aromatic rings. The highest BCUT2D eigenvalue weighted by Crippen LogP contribution is 2.30. The fraction of sp³-hybridized carbons (Fsp3) is 0.286. The van der Waals surface area contributed by atoms with E-state index in [4.69, 9.17) is 5.73 Å². The molecule has 0 aliphatic rings. The van der Waals surface area contributed by atoms with Crippen molar-refractivity contribution in [1.29, 1.82) is 0 Å². The first-order valence-corrected chi connectivity index (χ1v) is 7.70. The van der Waals surface area contributed by atoms with Gasteiger partial charge < -0.3 is 5.73 Å². The van der Waals surface area contributed by atoms with Gasteiger partial charge in [0.25, 0.3) is 0 Å².